The van der Waals surface area contributed by atoms with E-state index in [1.807, 2.05) is 0 Å². The van der Waals surface area contributed by atoms with E-state index in [4.69, 9.17) is 9.47 Å². The molecule has 0 aliphatic heterocycles. The third-order valence-electron chi connectivity index (χ3n) is 7.36. The molecule has 0 fully saturated rings. The second-order valence-electron chi connectivity index (χ2n) is 10.8. The predicted octanol–water partition coefficient (Wildman–Crippen LogP) is 9.91. The van der Waals surface area contributed by atoms with E-state index in [-0.39, 0.29) is 0 Å². The average molecular weight is 539 g/mol. The van der Waals surface area contributed by atoms with Crippen molar-refractivity contribution in [2.75, 3.05) is 49.2 Å². The Morgan fingerprint density at radius 3 is 1.00 bits per heavy atom. The summed E-state index contributed by atoms with van der Waals surface area (Å²) in [5.41, 5.74) is 2.63. The van der Waals surface area contributed by atoms with Crippen LogP contribution in [0, 0.1) is 0 Å². The molecule has 220 valence electrons. The smallest absolute Gasteiger partial charge is 0.119 e. The molecule has 0 amide bonds. The van der Waals surface area contributed by atoms with Crippen molar-refractivity contribution in [2.24, 2.45) is 0 Å². The lowest BCUT2D eigenvalue weighted by Gasteiger charge is -2.25. The van der Waals surface area contributed by atoms with Gasteiger partial charge in [-0.3, -0.25) is 0 Å². The van der Waals surface area contributed by atoms with Gasteiger partial charge in [0.15, 0.2) is 0 Å². The molecule has 2 aromatic carbocycles. The minimum atomic E-state index is 0.663. The van der Waals surface area contributed by atoms with Crippen LogP contribution in [0.5, 0.6) is 11.5 Å². The van der Waals surface area contributed by atoms with Crippen molar-refractivity contribution in [3.05, 3.63) is 48.5 Å². The second-order valence-corrected chi connectivity index (χ2v) is 10.8. The normalized spacial score (nSPS) is 11.0. The molecule has 2 rings (SSSR count). The highest BCUT2D eigenvalue weighted by Gasteiger charge is 2.08. The molecule has 0 atom stereocenters. The van der Waals surface area contributed by atoms with Crippen molar-refractivity contribution in [3.8, 4) is 11.5 Å². The number of rotatable bonds is 24. The van der Waals surface area contributed by atoms with Gasteiger partial charge in [-0.1, -0.05) is 79.1 Å². The van der Waals surface area contributed by atoms with E-state index in [0.29, 0.717) is 13.2 Å². The molecule has 0 spiro atoms. The second kappa shape index (κ2) is 21.5. The van der Waals surface area contributed by atoms with E-state index >= 15 is 0 Å². The molecule has 39 heavy (non-hydrogen) atoms. The first-order valence-corrected chi connectivity index (χ1v) is 16.2. The zero-order valence-electron chi connectivity index (χ0n) is 25.8. The van der Waals surface area contributed by atoms with E-state index in [1.165, 1.54) is 88.4 Å². The first-order chi connectivity index (χ1) is 19.2. The van der Waals surface area contributed by atoms with E-state index < -0.39 is 0 Å². The van der Waals surface area contributed by atoms with Crippen LogP contribution in [-0.4, -0.2) is 39.4 Å². The third kappa shape index (κ3) is 14.0. The summed E-state index contributed by atoms with van der Waals surface area (Å²) < 4.78 is 12.0. The average Bonchev–Trinajstić information content (AvgIpc) is 2.96. The molecule has 4 heteroatoms. The number of ether oxygens (including phenoxy) is 2. The van der Waals surface area contributed by atoms with Gasteiger partial charge in [0.25, 0.3) is 0 Å². The lowest BCUT2D eigenvalue weighted by atomic mass is 10.2. The summed E-state index contributed by atoms with van der Waals surface area (Å²) >= 11 is 0. The molecule has 0 heterocycles. The zero-order valence-corrected chi connectivity index (χ0v) is 25.8. The van der Waals surface area contributed by atoms with Crippen molar-refractivity contribution < 1.29 is 9.47 Å². The Kier molecular flexibility index (Phi) is 18.1. The number of nitrogens with zero attached hydrogens (tertiary/aromatic N) is 2. The van der Waals surface area contributed by atoms with Crippen molar-refractivity contribution in [1.29, 1.82) is 0 Å². The van der Waals surface area contributed by atoms with E-state index in [9.17, 15) is 0 Å². The van der Waals surface area contributed by atoms with Gasteiger partial charge in [0.1, 0.15) is 11.5 Å². The Bertz CT molecular complexity index is 732. The molecule has 0 aliphatic carbocycles. The van der Waals surface area contributed by atoms with Gasteiger partial charge in [0, 0.05) is 44.0 Å². The van der Waals surface area contributed by atoms with Gasteiger partial charge in [-0.2, -0.15) is 0 Å². The largest absolute Gasteiger partial charge is 0.493 e. The number of benzene rings is 2. The van der Waals surface area contributed by atoms with Crippen LogP contribution in [0.25, 0.3) is 0 Å². The highest BCUT2D eigenvalue weighted by molar-refractivity contribution is 5.50. The van der Waals surface area contributed by atoms with Gasteiger partial charge >= 0.3 is 0 Å². The van der Waals surface area contributed by atoms with Crippen molar-refractivity contribution in [2.45, 2.75) is 111 Å². The van der Waals surface area contributed by atoms with Crippen LogP contribution < -0.4 is 19.3 Å². The Morgan fingerprint density at radius 2 is 0.718 bits per heavy atom. The molecule has 0 radical (unpaired) electrons. The van der Waals surface area contributed by atoms with Crippen molar-refractivity contribution in [1.82, 2.24) is 0 Å². The third-order valence-corrected chi connectivity index (χ3v) is 7.36. The van der Waals surface area contributed by atoms with Crippen molar-refractivity contribution in [3.63, 3.8) is 0 Å². The Hall–Kier alpha value is -2.36. The molecule has 0 unspecified atom stereocenters. The summed E-state index contributed by atoms with van der Waals surface area (Å²) in [5.74, 6) is 1.88. The topological polar surface area (TPSA) is 24.9 Å². The van der Waals surface area contributed by atoms with Gasteiger partial charge in [-0.15, -0.1) is 0 Å². The molecular formula is C35H58N2O2. The summed E-state index contributed by atoms with van der Waals surface area (Å²) in [7, 11) is 0. The molecule has 0 aliphatic rings. The van der Waals surface area contributed by atoms with Gasteiger partial charge < -0.3 is 19.3 Å². The summed E-state index contributed by atoms with van der Waals surface area (Å²) in [4.78, 5) is 5.09. The van der Waals surface area contributed by atoms with Gasteiger partial charge in [0.2, 0.25) is 0 Å². The fourth-order valence-electron chi connectivity index (χ4n) is 4.90. The fraction of sp³-hybridized carbons (Fsp3) is 0.657. The highest BCUT2D eigenvalue weighted by atomic mass is 16.5. The number of anilines is 2. The molecule has 0 saturated heterocycles. The van der Waals surface area contributed by atoms with E-state index in [0.717, 1.165) is 44.1 Å². The highest BCUT2D eigenvalue weighted by Crippen LogP contribution is 2.23. The zero-order chi connectivity index (χ0) is 28.0. The number of hydrogen-bond acceptors (Lipinski definition) is 4. The maximum Gasteiger partial charge on any atom is 0.119 e. The Balaban J connectivity index is 1.74. The Labute approximate surface area is 241 Å². The maximum atomic E-state index is 6.01. The van der Waals surface area contributed by atoms with Crippen LogP contribution in [0.15, 0.2) is 48.5 Å². The van der Waals surface area contributed by atoms with E-state index in [1.54, 1.807) is 0 Å². The number of unbranched alkanes of at least 4 members (excludes halogenated alkanes) is 8. The molecule has 0 N–H and O–H groups in total. The standard InChI is InChI=1S/C35H58N2O2/c1-5-9-13-26-36(27-14-10-6-2)32-18-22-34(23-19-32)38-30-17-31-39-35-24-20-33(21-25-35)37(28-15-11-7-3)29-16-12-8-4/h18-25H,5-17,26-31H2,1-4H3. The molecule has 4 nitrogen and oxygen atoms in total. The lowest BCUT2D eigenvalue weighted by molar-refractivity contribution is 0.247. The van der Waals surface area contributed by atoms with Crippen LogP contribution >= 0.6 is 0 Å². The summed E-state index contributed by atoms with van der Waals surface area (Å²) in [6.45, 7) is 15.0. The van der Waals surface area contributed by atoms with Crippen LogP contribution in [0.3, 0.4) is 0 Å². The van der Waals surface area contributed by atoms with Gasteiger partial charge in [-0.05, 0) is 74.2 Å². The molecule has 2 aromatic rings. The summed E-state index contributed by atoms with van der Waals surface area (Å²) in [6, 6.07) is 17.4. The summed E-state index contributed by atoms with van der Waals surface area (Å²) in [5, 5.41) is 0. The van der Waals surface area contributed by atoms with Crippen LogP contribution in [0.1, 0.15) is 111 Å². The van der Waals surface area contributed by atoms with Gasteiger partial charge in [0.05, 0.1) is 13.2 Å². The van der Waals surface area contributed by atoms with E-state index in [2.05, 4.69) is 86.0 Å². The lowest BCUT2D eigenvalue weighted by Crippen LogP contribution is -2.25. The van der Waals surface area contributed by atoms with Crippen LogP contribution in [0.2, 0.25) is 0 Å². The SMILES string of the molecule is CCCCCN(CCCCC)c1ccc(OCCCOc2ccc(N(CCCCC)CCCCC)cc2)cc1. The minimum absolute atomic E-state index is 0.663. The maximum absolute atomic E-state index is 6.01. The molecule has 0 bridgehead atoms. The first kappa shape index (κ1) is 32.8. The van der Waals surface area contributed by atoms with Crippen LogP contribution in [0.4, 0.5) is 11.4 Å². The number of hydrogen-bond donors (Lipinski definition) is 0. The fourth-order valence-corrected chi connectivity index (χ4v) is 4.90. The monoisotopic (exact) mass is 538 g/mol. The Morgan fingerprint density at radius 1 is 0.410 bits per heavy atom. The summed E-state index contributed by atoms with van der Waals surface area (Å²) in [6.07, 6.45) is 16.2. The van der Waals surface area contributed by atoms with Crippen LogP contribution in [-0.2, 0) is 0 Å². The predicted molar refractivity (Wildman–Crippen MR) is 171 cm³/mol. The molecule has 0 saturated carbocycles. The molecular weight excluding hydrogens is 480 g/mol. The van der Waals surface area contributed by atoms with Crippen molar-refractivity contribution >= 4 is 11.4 Å². The first-order valence-electron chi connectivity index (χ1n) is 16.2. The van der Waals surface area contributed by atoms with Gasteiger partial charge in [-0.25, -0.2) is 0 Å². The molecule has 0 aromatic heterocycles. The minimum Gasteiger partial charge on any atom is -0.493 e. The quantitative estimate of drug-likeness (QED) is 0.124.